The second-order valence-corrected chi connectivity index (χ2v) is 4.66. The first kappa shape index (κ1) is 14.7. The van der Waals surface area contributed by atoms with E-state index in [-0.39, 0.29) is 18.1 Å². The summed E-state index contributed by atoms with van der Waals surface area (Å²) in [7, 11) is 0. The monoisotopic (exact) mass is 283 g/mol. The Morgan fingerprint density at radius 1 is 1.38 bits per heavy atom. The maximum atomic E-state index is 13.1. The number of nitriles is 1. The molecule has 0 unspecified atom stereocenters. The number of benzene rings is 1. The zero-order valence-corrected chi connectivity index (χ0v) is 11.6. The summed E-state index contributed by atoms with van der Waals surface area (Å²) in [5.41, 5.74) is 2.30. The van der Waals surface area contributed by atoms with Crippen LogP contribution in [-0.2, 0) is 11.2 Å². The molecule has 0 saturated carbocycles. The lowest BCUT2D eigenvalue weighted by Gasteiger charge is -2.06. The average Bonchev–Trinajstić information content (AvgIpc) is 2.49. The Morgan fingerprint density at radius 2 is 2.19 bits per heavy atom. The molecular formula is C16H14FN3O. The normalized spacial score (nSPS) is 9.95. The number of pyridine rings is 1. The van der Waals surface area contributed by atoms with Gasteiger partial charge in [0.2, 0.25) is 5.91 Å². The molecule has 1 heterocycles. The lowest BCUT2D eigenvalue weighted by atomic mass is 10.1. The first-order valence-corrected chi connectivity index (χ1v) is 6.49. The fourth-order valence-corrected chi connectivity index (χ4v) is 1.83. The van der Waals surface area contributed by atoms with Crippen molar-refractivity contribution in [3.8, 4) is 6.07 Å². The van der Waals surface area contributed by atoms with Gasteiger partial charge in [-0.2, -0.15) is 5.26 Å². The second kappa shape index (κ2) is 6.62. The van der Waals surface area contributed by atoms with E-state index in [0.29, 0.717) is 23.2 Å². The molecule has 1 aromatic carbocycles. The molecule has 1 N–H and O–H groups in total. The molecule has 1 amide bonds. The summed E-state index contributed by atoms with van der Waals surface area (Å²) in [6.45, 7) is 1.64. The standard InChI is InChI=1S/C16H14FN3O/c1-11-8-14(4-6-15(11)17)20-16(21)7-5-13-3-2-12(9-18)10-19-13/h2-4,6,8,10H,5,7H2,1H3,(H,20,21). The van der Waals surface area contributed by atoms with Gasteiger partial charge in [-0.05, 0) is 49.2 Å². The Kier molecular flexibility index (Phi) is 4.62. The lowest BCUT2D eigenvalue weighted by Crippen LogP contribution is -2.12. The van der Waals surface area contributed by atoms with Crippen LogP contribution in [0.25, 0.3) is 0 Å². The van der Waals surface area contributed by atoms with Gasteiger partial charge in [-0.3, -0.25) is 9.78 Å². The van der Waals surface area contributed by atoms with Crippen LogP contribution in [0.3, 0.4) is 0 Å². The summed E-state index contributed by atoms with van der Waals surface area (Å²) in [6.07, 6.45) is 2.24. The Balaban J connectivity index is 1.89. The molecule has 21 heavy (non-hydrogen) atoms. The topological polar surface area (TPSA) is 65.8 Å². The number of nitrogens with one attached hydrogen (secondary N) is 1. The number of nitrogens with zero attached hydrogens (tertiary/aromatic N) is 2. The van der Waals surface area contributed by atoms with Gasteiger partial charge in [-0.15, -0.1) is 0 Å². The van der Waals surface area contributed by atoms with E-state index in [9.17, 15) is 9.18 Å². The highest BCUT2D eigenvalue weighted by Gasteiger charge is 2.05. The summed E-state index contributed by atoms with van der Waals surface area (Å²) in [6, 6.07) is 9.83. The Hall–Kier alpha value is -2.74. The second-order valence-electron chi connectivity index (χ2n) is 4.66. The third-order valence-electron chi connectivity index (χ3n) is 3.00. The van der Waals surface area contributed by atoms with Crippen LogP contribution in [0.1, 0.15) is 23.2 Å². The maximum absolute atomic E-state index is 13.1. The van der Waals surface area contributed by atoms with Crippen LogP contribution in [-0.4, -0.2) is 10.9 Å². The molecule has 2 aromatic rings. The lowest BCUT2D eigenvalue weighted by molar-refractivity contribution is -0.116. The van der Waals surface area contributed by atoms with Gasteiger partial charge in [0.15, 0.2) is 0 Å². The van der Waals surface area contributed by atoms with Crippen LogP contribution in [0.15, 0.2) is 36.5 Å². The van der Waals surface area contributed by atoms with Gasteiger partial charge in [0.25, 0.3) is 0 Å². The summed E-state index contributed by atoms with van der Waals surface area (Å²) >= 11 is 0. The summed E-state index contributed by atoms with van der Waals surface area (Å²) in [5.74, 6) is -0.457. The van der Waals surface area contributed by atoms with Crippen molar-refractivity contribution >= 4 is 11.6 Å². The Labute approximate surface area is 122 Å². The number of hydrogen-bond donors (Lipinski definition) is 1. The van der Waals surface area contributed by atoms with E-state index in [1.807, 2.05) is 6.07 Å². The number of aromatic nitrogens is 1. The van der Waals surface area contributed by atoms with E-state index in [4.69, 9.17) is 5.26 Å². The number of hydrogen-bond acceptors (Lipinski definition) is 3. The van der Waals surface area contributed by atoms with E-state index in [0.717, 1.165) is 5.69 Å². The van der Waals surface area contributed by atoms with Crippen molar-refractivity contribution in [3.63, 3.8) is 0 Å². The number of anilines is 1. The van der Waals surface area contributed by atoms with Gasteiger partial charge in [0, 0.05) is 24.0 Å². The third-order valence-corrected chi connectivity index (χ3v) is 3.00. The Morgan fingerprint density at radius 3 is 2.81 bits per heavy atom. The van der Waals surface area contributed by atoms with E-state index in [1.165, 1.54) is 18.3 Å². The van der Waals surface area contributed by atoms with Crippen molar-refractivity contribution in [1.29, 1.82) is 5.26 Å². The minimum absolute atomic E-state index is 0.160. The highest BCUT2D eigenvalue weighted by atomic mass is 19.1. The number of amides is 1. The molecule has 0 spiro atoms. The molecule has 0 bridgehead atoms. The minimum Gasteiger partial charge on any atom is -0.326 e. The van der Waals surface area contributed by atoms with E-state index in [2.05, 4.69) is 10.3 Å². The molecule has 0 radical (unpaired) electrons. The fraction of sp³-hybridized carbons (Fsp3) is 0.188. The van der Waals surface area contributed by atoms with Crippen molar-refractivity contribution < 1.29 is 9.18 Å². The maximum Gasteiger partial charge on any atom is 0.224 e. The molecule has 106 valence electrons. The van der Waals surface area contributed by atoms with Gasteiger partial charge < -0.3 is 5.32 Å². The molecule has 5 heteroatoms. The van der Waals surface area contributed by atoms with Crippen molar-refractivity contribution in [2.45, 2.75) is 19.8 Å². The summed E-state index contributed by atoms with van der Waals surface area (Å²) in [4.78, 5) is 15.9. The molecule has 0 aliphatic heterocycles. The van der Waals surface area contributed by atoms with Gasteiger partial charge in [-0.25, -0.2) is 4.39 Å². The van der Waals surface area contributed by atoms with Crippen LogP contribution in [0.5, 0.6) is 0 Å². The van der Waals surface area contributed by atoms with Crippen molar-refractivity contribution in [1.82, 2.24) is 4.98 Å². The predicted octanol–water partition coefficient (Wildman–Crippen LogP) is 2.97. The zero-order chi connectivity index (χ0) is 15.2. The molecule has 0 aliphatic carbocycles. The molecule has 1 aromatic heterocycles. The van der Waals surface area contributed by atoms with Gasteiger partial charge in [0.1, 0.15) is 11.9 Å². The smallest absolute Gasteiger partial charge is 0.224 e. The van der Waals surface area contributed by atoms with Crippen LogP contribution in [0.2, 0.25) is 0 Å². The largest absolute Gasteiger partial charge is 0.326 e. The first-order valence-electron chi connectivity index (χ1n) is 6.49. The molecule has 0 aliphatic rings. The van der Waals surface area contributed by atoms with Gasteiger partial charge in [0.05, 0.1) is 5.56 Å². The molecule has 4 nitrogen and oxygen atoms in total. The number of aryl methyl sites for hydroxylation is 2. The van der Waals surface area contributed by atoms with Crippen LogP contribution >= 0.6 is 0 Å². The van der Waals surface area contributed by atoms with E-state index in [1.54, 1.807) is 25.1 Å². The predicted molar refractivity (Wildman–Crippen MR) is 77.0 cm³/mol. The zero-order valence-electron chi connectivity index (χ0n) is 11.6. The molecule has 0 saturated heterocycles. The SMILES string of the molecule is Cc1cc(NC(=O)CCc2ccc(C#N)cn2)ccc1F. The molecule has 0 atom stereocenters. The van der Waals surface area contributed by atoms with E-state index < -0.39 is 0 Å². The fourth-order valence-electron chi connectivity index (χ4n) is 1.83. The van der Waals surface area contributed by atoms with Gasteiger partial charge >= 0.3 is 0 Å². The highest BCUT2D eigenvalue weighted by molar-refractivity contribution is 5.90. The van der Waals surface area contributed by atoms with Crippen LogP contribution in [0, 0.1) is 24.1 Å². The molecule has 2 rings (SSSR count). The minimum atomic E-state index is -0.296. The van der Waals surface area contributed by atoms with Crippen molar-refractivity contribution in [2.24, 2.45) is 0 Å². The number of halogens is 1. The van der Waals surface area contributed by atoms with E-state index >= 15 is 0 Å². The number of carbonyl (C=O) groups excluding carboxylic acids is 1. The van der Waals surface area contributed by atoms with Crippen molar-refractivity contribution in [3.05, 3.63) is 59.2 Å². The summed E-state index contributed by atoms with van der Waals surface area (Å²) in [5, 5.41) is 11.4. The van der Waals surface area contributed by atoms with Crippen LogP contribution in [0.4, 0.5) is 10.1 Å². The van der Waals surface area contributed by atoms with Gasteiger partial charge in [-0.1, -0.05) is 0 Å². The quantitative estimate of drug-likeness (QED) is 0.938. The Bertz CT molecular complexity index is 690. The highest BCUT2D eigenvalue weighted by Crippen LogP contribution is 2.14. The molecule has 0 fully saturated rings. The average molecular weight is 283 g/mol. The third kappa shape index (κ3) is 4.11. The number of rotatable bonds is 4. The van der Waals surface area contributed by atoms with Crippen LogP contribution < -0.4 is 5.32 Å². The molecular weight excluding hydrogens is 269 g/mol. The number of carbonyl (C=O) groups is 1. The first-order chi connectivity index (χ1) is 10.1. The van der Waals surface area contributed by atoms with Crippen molar-refractivity contribution in [2.75, 3.05) is 5.32 Å². The summed E-state index contributed by atoms with van der Waals surface area (Å²) < 4.78 is 13.1.